The number of nitrogens with one attached hydrogen (secondary N) is 1. The Labute approximate surface area is 183 Å². The third-order valence-corrected chi connectivity index (χ3v) is 5.93. The van der Waals surface area contributed by atoms with Gasteiger partial charge in [0.25, 0.3) is 12.3 Å². The zero-order chi connectivity index (χ0) is 22.3. The standard InChI is InChI=1S/C23H24F2N4O3/c1-23(7-8-31-12-23)13-32-18-9-20-27-17(14-5-6-14)11-29(20)10-15(18)22(30)28-19-4-2-3-16(26-19)21(24)25/h2-4,9-11,14,21H,5-8,12-13H2,1H3,(H,26,28,30). The number of alkyl halides is 2. The van der Waals surface area contributed by atoms with E-state index in [2.05, 4.69) is 22.2 Å². The van der Waals surface area contributed by atoms with Gasteiger partial charge < -0.3 is 19.2 Å². The van der Waals surface area contributed by atoms with E-state index in [-0.39, 0.29) is 16.8 Å². The Balaban J connectivity index is 1.45. The molecule has 0 spiro atoms. The fourth-order valence-electron chi connectivity index (χ4n) is 3.80. The molecule has 1 atom stereocenters. The second-order valence-electron chi connectivity index (χ2n) is 8.86. The molecule has 0 radical (unpaired) electrons. The highest BCUT2D eigenvalue weighted by Gasteiger charge is 2.32. The minimum absolute atomic E-state index is 0.0549. The van der Waals surface area contributed by atoms with E-state index >= 15 is 0 Å². The Morgan fingerprint density at radius 2 is 2.19 bits per heavy atom. The van der Waals surface area contributed by atoms with Crippen molar-refractivity contribution in [3.63, 3.8) is 0 Å². The van der Waals surface area contributed by atoms with Crippen molar-refractivity contribution in [2.45, 2.75) is 38.5 Å². The van der Waals surface area contributed by atoms with Gasteiger partial charge in [0.05, 0.1) is 24.5 Å². The van der Waals surface area contributed by atoms with Gasteiger partial charge in [-0.15, -0.1) is 0 Å². The fourth-order valence-corrected chi connectivity index (χ4v) is 3.80. The van der Waals surface area contributed by atoms with Gasteiger partial charge in [0.2, 0.25) is 0 Å². The number of amides is 1. The van der Waals surface area contributed by atoms with Crippen LogP contribution in [0.1, 0.15) is 60.3 Å². The maximum Gasteiger partial charge on any atom is 0.280 e. The minimum Gasteiger partial charge on any atom is -0.492 e. The molecule has 7 nitrogen and oxygen atoms in total. The van der Waals surface area contributed by atoms with Gasteiger partial charge in [0.15, 0.2) is 0 Å². The zero-order valence-corrected chi connectivity index (χ0v) is 17.7. The van der Waals surface area contributed by atoms with Crippen molar-refractivity contribution in [2.75, 3.05) is 25.1 Å². The summed E-state index contributed by atoms with van der Waals surface area (Å²) in [6.07, 6.45) is 3.98. The van der Waals surface area contributed by atoms with E-state index in [1.165, 1.54) is 18.2 Å². The van der Waals surface area contributed by atoms with E-state index < -0.39 is 18.0 Å². The quantitative estimate of drug-likeness (QED) is 0.579. The summed E-state index contributed by atoms with van der Waals surface area (Å²) in [5.41, 5.74) is 1.44. The lowest BCUT2D eigenvalue weighted by Gasteiger charge is -2.22. The van der Waals surface area contributed by atoms with Crippen LogP contribution in [-0.4, -0.2) is 40.1 Å². The van der Waals surface area contributed by atoms with Crippen LogP contribution in [0.3, 0.4) is 0 Å². The number of nitrogens with zero attached hydrogens (tertiary/aromatic N) is 3. The third-order valence-electron chi connectivity index (χ3n) is 5.93. The molecular weight excluding hydrogens is 418 g/mol. The third kappa shape index (κ3) is 4.29. The van der Waals surface area contributed by atoms with Crippen molar-refractivity contribution in [2.24, 2.45) is 5.41 Å². The summed E-state index contributed by atoms with van der Waals surface area (Å²) in [6.45, 7) is 3.75. The molecule has 32 heavy (non-hydrogen) atoms. The number of anilines is 1. The first kappa shape index (κ1) is 20.8. The summed E-state index contributed by atoms with van der Waals surface area (Å²) in [7, 11) is 0. The van der Waals surface area contributed by atoms with Gasteiger partial charge in [-0.3, -0.25) is 4.79 Å². The van der Waals surface area contributed by atoms with Gasteiger partial charge in [-0.1, -0.05) is 13.0 Å². The first-order chi connectivity index (χ1) is 15.4. The molecule has 3 aromatic rings. The van der Waals surface area contributed by atoms with Gasteiger partial charge in [-0.2, -0.15) is 0 Å². The minimum atomic E-state index is -2.72. The number of aromatic nitrogens is 3. The Morgan fingerprint density at radius 1 is 1.34 bits per heavy atom. The lowest BCUT2D eigenvalue weighted by Crippen LogP contribution is -2.26. The van der Waals surface area contributed by atoms with Crippen molar-refractivity contribution in [1.29, 1.82) is 0 Å². The van der Waals surface area contributed by atoms with Crippen molar-refractivity contribution in [3.05, 3.63) is 53.6 Å². The number of hydrogen-bond acceptors (Lipinski definition) is 5. The molecule has 2 fully saturated rings. The van der Waals surface area contributed by atoms with E-state index in [0.29, 0.717) is 37.1 Å². The van der Waals surface area contributed by atoms with Crippen LogP contribution < -0.4 is 10.1 Å². The molecule has 0 aromatic carbocycles. The number of carbonyl (C=O) groups is 1. The maximum atomic E-state index is 13.1. The number of ether oxygens (including phenoxy) is 2. The topological polar surface area (TPSA) is 77.8 Å². The molecule has 9 heteroatoms. The van der Waals surface area contributed by atoms with Gasteiger partial charge in [0, 0.05) is 36.4 Å². The normalized spacial score (nSPS) is 20.8. The number of rotatable bonds is 7. The average Bonchev–Trinajstić information content (AvgIpc) is 3.40. The maximum absolute atomic E-state index is 13.1. The smallest absolute Gasteiger partial charge is 0.280 e. The molecule has 1 N–H and O–H groups in total. The lowest BCUT2D eigenvalue weighted by molar-refractivity contribution is 0.100. The van der Waals surface area contributed by atoms with Crippen molar-refractivity contribution in [1.82, 2.24) is 14.4 Å². The molecule has 1 aliphatic heterocycles. The molecule has 0 bridgehead atoms. The van der Waals surface area contributed by atoms with Crippen molar-refractivity contribution >= 4 is 17.4 Å². The molecule has 1 amide bonds. The van der Waals surface area contributed by atoms with Crippen LogP contribution in [-0.2, 0) is 4.74 Å². The van der Waals surface area contributed by atoms with Gasteiger partial charge in [0.1, 0.15) is 22.9 Å². The first-order valence-corrected chi connectivity index (χ1v) is 10.7. The van der Waals surface area contributed by atoms with Crippen LogP contribution in [0.2, 0.25) is 0 Å². The van der Waals surface area contributed by atoms with Crippen LogP contribution in [0.25, 0.3) is 5.65 Å². The summed E-state index contributed by atoms with van der Waals surface area (Å²) >= 11 is 0. The predicted molar refractivity (Wildman–Crippen MR) is 113 cm³/mol. The number of carbonyl (C=O) groups excluding carboxylic acids is 1. The average molecular weight is 442 g/mol. The molecule has 1 saturated carbocycles. The highest BCUT2D eigenvalue weighted by Crippen LogP contribution is 2.40. The fraction of sp³-hybridized carbons (Fsp3) is 0.435. The highest BCUT2D eigenvalue weighted by atomic mass is 19.3. The second-order valence-corrected chi connectivity index (χ2v) is 8.86. The molecule has 3 aromatic heterocycles. The molecule has 2 aliphatic rings. The molecule has 5 rings (SSSR count). The van der Waals surface area contributed by atoms with E-state index in [1.807, 2.05) is 6.20 Å². The molecule has 1 saturated heterocycles. The number of pyridine rings is 2. The van der Waals surface area contributed by atoms with E-state index in [9.17, 15) is 13.6 Å². The Morgan fingerprint density at radius 3 is 2.91 bits per heavy atom. The number of fused-ring (bicyclic) bond motifs is 1. The predicted octanol–water partition coefficient (Wildman–Crippen LogP) is 4.60. The summed E-state index contributed by atoms with van der Waals surface area (Å²) in [5, 5.41) is 2.62. The van der Waals surface area contributed by atoms with Crippen LogP contribution >= 0.6 is 0 Å². The van der Waals surface area contributed by atoms with E-state index in [0.717, 1.165) is 25.0 Å². The van der Waals surface area contributed by atoms with Gasteiger partial charge >= 0.3 is 0 Å². The first-order valence-electron chi connectivity index (χ1n) is 10.7. The second kappa shape index (κ2) is 8.12. The largest absolute Gasteiger partial charge is 0.492 e. The van der Waals surface area contributed by atoms with Crippen LogP contribution in [0.15, 0.2) is 36.7 Å². The summed E-state index contributed by atoms with van der Waals surface area (Å²) in [4.78, 5) is 21.6. The zero-order valence-electron chi connectivity index (χ0n) is 17.7. The lowest BCUT2D eigenvalue weighted by atomic mass is 9.91. The Kier molecular flexibility index (Phi) is 5.28. The summed E-state index contributed by atoms with van der Waals surface area (Å²) < 4.78 is 39.4. The van der Waals surface area contributed by atoms with Crippen LogP contribution in [0, 0.1) is 5.41 Å². The highest BCUT2D eigenvalue weighted by molar-refractivity contribution is 6.05. The summed E-state index contributed by atoms with van der Waals surface area (Å²) in [5.74, 6) is 0.420. The number of halogens is 2. The van der Waals surface area contributed by atoms with E-state index in [4.69, 9.17) is 9.47 Å². The van der Waals surface area contributed by atoms with Crippen molar-refractivity contribution < 1.29 is 23.0 Å². The number of hydrogen-bond donors (Lipinski definition) is 1. The van der Waals surface area contributed by atoms with Gasteiger partial charge in [-0.25, -0.2) is 18.7 Å². The monoisotopic (exact) mass is 442 g/mol. The van der Waals surface area contributed by atoms with Crippen LogP contribution in [0.5, 0.6) is 5.75 Å². The summed E-state index contributed by atoms with van der Waals surface area (Å²) in [6, 6.07) is 5.88. The Bertz CT molecular complexity index is 1150. The Hall–Kier alpha value is -3.07. The molecule has 4 heterocycles. The molecule has 1 aliphatic carbocycles. The molecule has 168 valence electrons. The SMILES string of the molecule is CC1(COc2cc3nc(C4CC4)cn3cc2C(=O)Nc2cccc(C(F)F)n2)CCOC1. The molecule has 1 unspecified atom stereocenters. The van der Waals surface area contributed by atoms with E-state index in [1.54, 1.807) is 16.7 Å². The number of imidazole rings is 1. The van der Waals surface area contributed by atoms with Crippen LogP contribution in [0.4, 0.5) is 14.6 Å². The van der Waals surface area contributed by atoms with Crippen molar-refractivity contribution in [3.8, 4) is 5.75 Å². The molecular formula is C23H24F2N4O3. The van der Waals surface area contributed by atoms with Gasteiger partial charge in [-0.05, 0) is 31.4 Å².